The van der Waals surface area contributed by atoms with Crippen molar-refractivity contribution in [2.24, 2.45) is 11.8 Å². The number of ether oxygens (including phenoxy) is 3. The van der Waals surface area contributed by atoms with Gasteiger partial charge >= 0.3 is 11.9 Å². The third-order valence-electron chi connectivity index (χ3n) is 7.45. The Morgan fingerprint density at radius 1 is 1.12 bits per heavy atom. The molecule has 7 nitrogen and oxygen atoms in total. The molecule has 0 heterocycles. The predicted octanol–water partition coefficient (Wildman–Crippen LogP) is 5.35. The fourth-order valence-electron chi connectivity index (χ4n) is 5.29. The van der Waals surface area contributed by atoms with Crippen LogP contribution in [0.4, 0.5) is 0 Å². The largest absolute Gasteiger partial charge is 0.488 e. The van der Waals surface area contributed by atoms with Crippen LogP contribution in [0, 0.1) is 23.2 Å². The molecule has 0 aromatic heterocycles. The Bertz CT molecular complexity index is 1180. The molecule has 2 aliphatic rings. The first-order valence-corrected chi connectivity index (χ1v) is 14.1. The van der Waals surface area contributed by atoms with E-state index >= 15 is 0 Å². The average Bonchev–Trinajstić information content (AvgIpc) is 3.69. The number of carbonyl (C=O) groups is 2. The maximum absolute atomic E-state index is 12.5. The lowest BCUT2D eigenvalue weighted by atomic mass is 9.88. The predicted molar refractivity (Wildman–Crippen MR) is 155 cm³/mol. The van der Waals surface area contributed by atoms with Gasteiger partial charge in [-0.15, -0.1) is 12.4 Å². The molecule has 0 radical (unpaired) electrons. The summed E-state index contributed by atoms with van der Waals surface area (Å²) in [4.78, 5) is 24.3. The van der Waals surface area contributed by atoms with Gasteiger partial charge in [0.2, 0.25) is 0 Å². The minimum atomic E-state index is -0.493. The van der Waals surface area contributed by atoms with E-state index < -0.39 is 6.10 Å². The smallest absolute Gasteiger partial charge is 0.309 e. The third-order valence-corrected chi connectivity index (χ3v) is 7.45. The number of halogens is 1. The van der Waals surface area contributed by atoms with E-state index in [1.165, 1.54) is 11.1 Å². The maximum atomic E-state index is 12.5. The molecule has 1 atom stereocenters. The van der Waals surface area contributed by atoms with Gasteiger partial charge < -0.3 is 19.5 Å². The van der Waals surface area contributed by atoms with Crippen LogP contribution in [-0.4, -0.2) is 43.3 Å². The topological polar surface area (TPSA) is 97.7 Å². The number of esters is 2. The lowest BCUT2D eigenvalue weighted by molar-refractivity contribution is -0.152. The number of aryl methyl sites for hydroxylation is 1. The summed E-state index contributed by atoms with van der Waals surface area (Å²) in [7, 11) is 0. The van der Waals surface area contributed by atoms with Crippen molar-refractivity contribution in [2.75, 3.05) is 19.8 Å². The van der Waals surface area contributed by atoms with Crippen molar-refractivity contribution in [3.8, 4) is 11.8 Å². The Balaban J connectivity index is 0.00000441. The molecule has 0 amide bonds. The molecule has 1 N–H and O–H groups in total. The van der Waals surface area contributed by atoms with E-state index in [-0.39, 0.29) is 48.8 Å². The second-order valence-corrected chi connectivity index (χ2v) is 11.4. The molecule has 2 aliphatic carbocycles. The summed E-state index contributed by atoms with van der Waals surface area (Å²) in [5.74, 6) is 0.543. The number of nitriles is 1. The van der Waals surface area contributed by atoms with E-state index in [2.05, 4.69) is 49.5 Å². The molecule has 216 valence electrons. The van der Waals surface area contributed by atoms with Gasteiger partial charge in [-0.25, -0.2) is 0 Å². The fourth-order valence-corrected chi connectivity index (χ4v) is 5.29. The Labute approximate surface area is 244 Å². The van der Waals surface area contributed by atoms with Crippen LogP contribution >= 0.6 is 12.4 Å². The van der Waals surface area contributed by atoms with Crippen molar-refractivity contribution in [2.45, 2.75) is 77.4 Å². The maximum Gasteiger partial charge on any atom is 0.309 e. The van der Waals surface area contributed by atoms with Gasteiger partial charge in [-0.1, -0.05) is 30.3 Å². The van der Waals surface area contributed by atoms with Crippen LogP contribution in [0.3, 0.4) is 0 Å². The van der Waals surface area contributed by atoms with Crippen molar-refractivity contribution in [1.29, 1.82) is 5.26 Å². The highest BCUT2D eigenvalue weighted by Crippen LogP contribution is 2.33. The minimum Gasteiger partial charge on any atom is -0.488 e. The molecule has 4 rings (SSSR count). The summed E-state index contributed by atoms with van der Waals surface area (Å²) in [6, 6.07) is 16.1. The standard InChI is InChI=1S/C32H40N2O5.ClH/c1-4-37-30(35)14-10-22-9-11-27(19-33)29(17-22)38-21-28(39-31(36)24-12-13-24)20-34-32(2,3)18-23-15-25-7-5-6-8-26(25)16-23;/h5-9,11,17,23-24,28,34H,4,10,12-16,18,20-21H2,1-3H3;1H/t28-;/m1./s1. The highest BCUT2D eigenvalue weighted by molar-refractivity contribution is 5.85. The summed E-state index contributed by atoms with van der Waals surface area (Å²) in [6.07, 6.45) is 5.18. The van der Waals surface area contributed by atoms with Gasteiger partial charge in [-0.05, 0) is 94.0 Å². The van der Waals surface area contributed by atoms with Crippen LogP contribution in [0.15, 0.2) is 42.5 Å². The molecule has 0 aliphatic heterocycles. The number of nitrogens with zero attached hydrogens (tertiary/aromatic N) is 1. The lowest BCUT2D eigenvalue weighted by Crippen LogP contribution is -2.47. The second kappa shape index (κ2) is 14.5. The first kappa shape index (κ1) is 31.4. The monoisotopic (exact) mass is 568 g/mol. The minimum absolute atomic E-state index is 0. The van der Waals surface area contributed by atoms with Crippen LogP contribution in [0.1, 0.15) is 68.7 Å². The zero-order chi connectivity index (χ0) is 27.8. The van der Waals surface area contributed by atoms with E-state index in [0.29, 0.717) is 36.8 Å². The molecule has 8 heteroatoms. The van der Waals surface area contributed by atoms with E-state index in [0.717, 1.165) is 37.7 Å². The van der Waals surface area contributed by atoms with Gasteiger partial charge in [0.1, 0.15) is 24.5 Å². The number of benzene rings is 2. The Kier molecular flexibility index (Phi) is 11.4. The average molecular weight is 569 g/mol. The zero-order valence-electron chi connectivity index (χ0n) is 23.7. The molecule has 0 saturated heterocycles. The fraction of sp³-hybridized carbons (Fsp3) is 0.531. The summed E-state index contributed by atoms with van der Waals surface area (Å²) < 4.78 is 16.9. The number of carbonyl (C=O) groups excluding carboxylic acids is 2. The lowest BCUT2D eigenvalue weighted by Gasteiger charge is -2.31. The summed E-state index contributed by atoms with van der Waals surface area (Å²) in [6.45, 7) is 7.10. The molecule has 0 unspecified atom stereocenters. The van der Waals surface area contributed by atoms with Gasteiger partial charge in [-0.3, -0.25) is 9.59 Å². The van der Waals surface area contributed by atoms with E-state index in [9.17, 15) is 14.9 Å². The molecule has 2 aromatic rings. The zero-order valence-corrected chi connectivity index (χ0v) is 24.6. The van der Waals surface area contributed by atoms with Gasteiger partial charge in [0.25, 0.3) is 0 Å². The number of hydrogen-bond donors (Lipinski definition) is 1. The van der Waals surface area contributed by atoms with Gasteiger partial charge in [-0.2, -0.15) is 5.26 Å². The van der Waals surface area contributed by atoms with Crippen LogP contribution in [-0.2, 0) is 38.3 Å². The van der Waals surface area contributed by atoms with E-state index in [4.69, 9.17) is 14.2 Å². The second-order valence-electron chi connectivity index (χ2n) is 11.4. The third kappa shape index (κ3) is 9.25. The summed E-state index contributed by atoms with van der Waals surface area (Å²) in [5.41, 5.74) is 4.01. The highest BCUT2D eigenvalue weighted by atomic mass is 35.5. The van der Waals surface area contributed by atoms with Gasteiger partial charge in [0.15, 0.2) is 0 Å². The van der Waals surface area contributed by atoms with Crippen molar-refractivity contribution in [1.82, 2.24) is 5.32 Å². The van der Waals surface area contributed by atoms with E-state index in [1.54, 1.807) is 19.1 Å². The Morgan fingerprint density at radius 2 is 1.82 bits per heavy atom. The number of nitrogens with one attached hydrogen (secondary N) is 1. The number of rotatable bonds is 14. The normalized spacial score (nSPS) is 15.3. The summed E-state index contributed by atoms with van der Waals surface area (Å²) in [5, 5.41) is 13.2. The molecule has 1 saturated carbocycles. The van der Waals surface area contributed by atoms with Crippen molar-refractivity contribution in [3.05, 3.63) is 64.7 Å². The molecule has 40 heavy (non-hydrogen) atoms. The van der Waals surface area contributed by atoms with Crippen molar-refractivity contribution in [3.63, 3.8) is 0 Å². The highest BCUT2D eigenvalue weighted by Gasteiger charge is 2.34. The SMILES string of the molecule is CCOC(=O)CCc1ccc(C#N)c(OC[C@@H](CNC(C)(C)CC2Cc3ccccc3C2)OC(=O)C2CC2)c1.Cl. The van der Waals surface area contributed by atoms with Gasteiger partial charge in [0, 0.05) is 18.5 Å². The molecular formula is C32H41ClN2O5. The van der Waals surface area contributed by atoms with Crippen LogP contribution in [0.2, 0.25) is 0 Å². The molecular weight excluding hydrogens is 528 g/mol. The van der Waals surface area contributed by atoms with Crippen LogP contribution in [0.5, 0.6) is 5.75 Å². The quantitative estimate of drug-likeness (QED) is 0.307. The molecule has 0 spiro atoms. The van der Waals surface area contributed by atoms with Crippen LogP contribution in [0.25, 0.3) is 0 Å². The first-order chi connectivity index (χ1) is 18.8. The first-order valence-electron chi connectivity index (χ1n) is 14.1. The number of hydrogen-bond acceptors (Lipinski definition) is 7. The molecule has 2 aromatic carbocycles. The number of fused-ring (bicyclic) bond motifs is 1. The van der Waals surface area contributed by atoms with Crippen molar-refractivity contribution < 1.29 is 23.8 Å². The van der Waals surface area contributed by atoms with Gasteiger partial charge in [0.05, 0.1) is 18.1 Å². The van der Waals surface area contributed by atoms with E-state index in [1.807, 2.05) is 6.07 Å². The molecule has 0 bridgehead atoms. The Morgan fingerprint density at radius 3 is 2.45 bits per heavy atom. The van der Waals surface area contributed by atoms with Crippen molar-refractivity contribution >= 4 is 24.3 Å². The Hall–Kier alpha value is -3.08. The summed E-state index contributed by atoms with van der Waals surface area (Å²) >= 11 is 0. The van der Waals surface area contributed by atoms with Crippen LogP contribution < -0.4 is 10.1 Å². The molecule has 1 fully saturated rings.